The smallest absolute Gasteiger partial charge is 0.364 e. The van der Waals surface area contributed by atoms with Gasteiger partial charge in [0.15, 0.2) is 11.5 Å². The number of benzene rings is 1. The van der Waals surface area contributed by atoms with Crippen LogP contribution in [0.5, 0.6) is 5.75 Å². The van der Waals surface area contributed by atoms with Gasteiger partial charge in [0, 0.05) is 11.3 Å². The lowest BCUT2D eigenvalue weighted by Gasteiger charge is -2.21. The van der Waals surface area contributed by atoms with Gasteiger partial charge in [-0.05, 0) is 52.8 Å². The fourth-order valence-electron chi connectivity index (χ4n) is 2.19. The van der Waals surface area contributed by atoms with Gasteiger partial charge in [0.2, 0.25) is 0 Å². The lowest BCUT2D eigenvalue weighted by molar-refractivity contribution is 0.0725. The molecule has 0 spiro atoms. The minimum atomic E-state index is -0.535. The summed E-state index contributed by atoms with van der Waals surface area (Å²) >= 11 is 0. The van der Waals surface area contributed by atoms with Crippen LogP contribution in [0.3, 0.4) is 0 Å². The van der Waals surface area contributed by atoms with E-state index >= 15 is 0 Å². The van der Waals surface area contributed by atoms with Crippen LogP contribution in [-0.4, -0.2) is 21.5 Å². The summed E-state index contributed by atoms with van der Waals surface area (Å²) < 4.78 is 7.09. The predicted octanol–water partition coefficient (Wildman–Crippen LogP) is 3.37. The Morgan fingerprint density at radius 3 is 2.41 bits per heavy atom. The minimum Gasteiger partial charge on any atom is -0.422 e. The molecule has 22 heavy (non-hydrogen) atoms. The molecule has 2 aromatic rings. The summed E-state index contributed by atoms with van der Waals surface area (Å²) in [4.78, 5) is 23.6. The van der Waals surface area contributed by atoms with E-state index in [-0.39, 0.29) is 17.0 Å². The van der Waals surface area contributed by atoms with E-state index in [4.69, 9.17) is 4.74 Å². The van der Waals surface area contributed by atoms with Crippen LogP contribution in [0.2, 0.25) is 0 Å². The summed E-state index contributed by atoms with van der Waals surface area (Å²) in [5.74, 6) is -0.279. The van der Waals surface area contributed by atoms with Crippen LogP contribution in [0.4, 0.5) is 0 Å². The van der Waals surface area contributed by atoms with Gasteiger partial charge in [-0.1, -0.05) is 12.1 Å². The molecule has 116 valence electrons. The highest BCUT2D eigenvalue weighted by atomic mass is 16.5. The van der Waals surface area contributed by atoms with Crippen molar-refractivity contribution in [1.82, 2.24) is 9.78 Å². The van der Waals surface area contributed by atoms with Crippen LogP contribution in [0.1, 0.15) is 54.2 Å². The number of hydrogen-bond donors (Lipinski definition) is 0. The Labute approximate surface area is 129 Å². The number of hydrogen-bond acceptors (Lipinski definition) is 4. The largest absolute Gasteiger partial charge is 0.422 e. The SMILES string of the molecule is CC(=O)c1cccc(OC(=O)c2cc(C)n(C(C)(C)C)n2)c1. The molecule has 0 bridgehead atoms. The quantitative estimate of drug-likeness (QED) is 0.495. The zero-order valence-corrected chi connectivity index (χ0v) is 13.5. The number of ketones is 1. The third-order valence-corrected chi connectivity index (χ3v) is 3.18. The maximum Gasteiger partial charge on any atom is 0.364 e. The van der Waals surface area contributed by atoms with Crippen molar-refractivity contribution in [2.45, 2.75) is 40.2 Å². The van der Waals surface area contributed by atoms with Crippen LogP contribution >= 0.6 is 0 Å². The molecule has 0 saturated heterocycles. The molecule has 0 aliphatic rings. The van der Waals surface area contributed by atoms with E-state index < -0.39 is 5.97 Å². The molecule has 0 aliphatic heterocycles. The molecule has 0 N–H and O–H groups in total. The number of carbonyl (C=O) groups excluding carboxylic acids is 2. The first kappa shape index (κ1) is 15.9. The second-order valence-corrected chi connectivity index (χ2v) is 6.23. The number of esters is 1. The molecule has 0 amide bonds. The van der Waals surface area contributed by atoms with Gasteiger partial charge in [-0.2, -0.15) is 5.10 Å². The second-order valence-electron chi connectivity index (χ2n) is 6.23. The fraction of sp³-hybridized carbons (Fsp3) is 0.353. The Bertz CT molecular complexity index is 724. The monoisotopic (exact) mass is 300 g/mol. The van der Waals surface area contributed by atoms with Gasteiger partial charge in [-0.15, -0.1) is 0 Å². The topological polar surface area (TPSA) is 61.2 Å². The first-order valence-corrected chi connectivity index (χ1v) is 7.09. The van der Waals surface area contributed by atoms with Gasteiger partial charge < -0.3 is 4.74 Å². The minimum absolute atomic E-state index is 0.0780. The van der Waals surface area contributed by atoms with Crippen molar-refractivity contribution in [3.8, 4) is 5.75 Å². The summed E-state index contributed by atoms with van der Waals surface area (Å²) in [6.07, 6.45) is 0. The highest BCUT2D eigenvalue weighted by Crippen LogP contribution is 2.19. The van der Waals surface area contributed by atoms with Gasteiger partial charge in [0.1, 0.15) is 5.75 Å². The van der Waals surface area contributed by atoms with Crippen molar-refractivity contribution < 1.29 is 14.3 Å². The van der Waals surface area contributed by atoms with Gasteiger partial charge in [-0.3, -0.25) is 9.48 Å². The Hall–Kier alpha value is -2.43. The van der Waals surface area contributed by atoms with E-state index in [2.05, 4.69) is 5.10 Å². The summed E-state index contributed by atoms with van der Waals surface area (Å²) in [7, 11) is 0. The number of ether oxygens (including phenoxy) is 1. The number of aryl methyl sites for hydroxylation is 1. The summed E-state index contributed by atoms with van der Waals surface area (Å²) in [5.41, 5.74) is 1.43. The van der Waals surface area contributed by atoms with Gasteiger partial charge in [0.25, 0.3) is 0 Å². The van der Waals surface area contributed by atoms with Crippen molar-refractivity contribution in [2.75, 3.05) is 0 Å². The molecule has 0 saturated carbocycles. The molecular formula is C17H20N2O3. The first-order chi connectivity index (χ1) is 10.2. The molecule has 0 radical (unpaired) electrons. The maximum atomic E-state index is 12.2. The second kappa shape index (κ2) is 5.75. The highest BCUT2D eigenvalue weighted by molar-refractivity contribution is 5.95. The summed E-state index contributed by atoms with van der Waals surface area (Å²) in [5, 5.41) is 4.31. The average Bonchev–Trinajstić information content (AvgIpc) is 2.81. The van der Waals surface area contributed by atoms with E-state index in [9.17, 15) is 9.59 Å². The fourth-order valence-corrected chi connectivity index (χ4v) is 2.19. The van der Waals surface area contributed by atoms with E-state index in [1.165, 1.54) is 6.92 Å². The molecule has 0 atom stereocenters. The lowest BCUT2D eigenvalue weighted by atomic mass is 10.1. The summed E-state index contributed by atoms with van der Waals surface area (Å²) in [6, 6.07) is 8.24. The number of rotatable bonds is 3. The van der Waals surface area contributed by atoms with E-state index in [1.807, 2.05) is 27.7 Å². The lowest BCUT2D eigenvalue weighted by Crippen LogP contribution is -2.25. The predicted molar refractivity (Wildman–Crippen MR) is 83.4 cm³/mol. The molecule has 5 heteroatoms. The van der Waals surface area contributed by atoms with Gasteiger partial charge in [0.05, 0.1) is 5.54 Å². The van der Waals surface area contributed by atoms with Gasteiger partial charge >= 0.3 is 5.97 Å². The Balaban J connectivity index is 2.23. The number of aromatic nitrogens is 2. The van der Waals surface area contributed by atoms with E-state index in [0.29, 0.717) is 11.3 Å². The van der Waals surface area contributed by atoms with Crippen LogP contribution in [0, 0.1) is 6.92 Å². The third kappa shape index (κ3) is 3.42. The molecule has 0 unspecified atom stereocenters. The van der Waals surface area contributed by atoms with Gasteiger partial charge in [-0.25, -0.2) is 4.79 Å². The molecule has 0 fully saturated rings. The molecule has 0 aliphatic carbocycles. The standard InChI is InChI=1S/C17H20N2O3/c1-11-9-15(18-19(11)17(3,4)5)16(21)22-14-8-6-7-13(10-14)12(2)20/h6-10H,1-5H3. The van der Waals surface area contributed by atoms with Crippen LogP contribution in [-0.2, 0) is 5.54 Å². The van der Waals surface area contributed by atoms with Crippen molar-refractivity contribution in [1.29, 1.82) is 0 Å². The molecular weight excluding hydrogens is 280 g/mol. The number of carbonyl (C=O) groups is 2. The molecule has 1 aromatic heterocycles. The van der Waals surface area contributed by atoms with Crippen LogP contribution in [0.15, 0.2) is 30.3 Å². The Morgan fingerprint density at radius 2 is 1.86 bits per heavy atom. The first-order valence-electron chi connectivity index (χ1n) is 7.09. The third-order valence-electron chi connectivity index (χ3n) is 3.18. The van der Waals surface area contributed by atoms with Crippen molar-refractivity contribution >= 4 is 11.8 Å². The number of nitrogens with zero attached hydrogens (tertiary/aromatic N) is 2. The molecule has 2 rings (SSSR count). The maximum absolute atomic E-state index is 12.2. The van der Waals surface area contributed by atoms with E-state index in [0.717, 1.165) is 5.69 Å². The summed E-state index contributed by atoms with van der Waals surface area (Å²) in [6.45, 7) is 9.40. The Kier molecular flexibility index (Phi) is 4.17. The van der Waals surface area contributed by atoms with Crippen molar-refractivity contribution in [2.24, 2.45) is 0 Å². The Morgan fingerprint density at radius 1 is 1.18 bits per heavy atom. The zero-order valence-electron chi connectivity index (χ0n) is 13.5. The van der Waals surface area contributed by atoms with Crippen molar-refractivity contribution in [3.05, 3.63) is 47.3 Å². The van der Waals surface area contributed by atoms with Crippen LogP contribution in [0.25, 0.3) is 0 Å². The average molecular weight is 300 g/mol. The van der Waals surface area contributed by atoms with Crippen molar-refractivity contribution in [3.63, 3.8) is 0 Å². The molecule has 1 heterocycles. The molecule has 1 aromatic carbocycles. The normalized spacial score (nSPS) is 11.3. The highest BCUT2D eigenvalue weighted by Gasteiger charge is 2.21. The van der Waals surface area contributed by atoms with E-state index in [1.54, 1.807) is 35.0 Å². The van der Waals surface area contributed by atoms with Crippen LogP contribution < -0.4 is 4.74 Å². The molecule has 5 nitrogen and oxygen atoms in total. The zero-order chi connectivity index (χ0) is 16.5. The number of Topliss-reactive ketones (excluding diaryl/α,β-unsaturated/α-hetero) is 1.